The summed E-state index contributed by atoms with van der Waals surface area (Å²) < 4.78 is 73.6. The van der Waals surface area contributed by atoms with Crippen LogP contribution in [0.15, 0.2) is 47.4 Å². The zero-order valence-electron chi connectivity index (χ0n) is 15.4. The van der Waals surface area contributed by atoms with Crippen LogP contribution in [-0.4, -0.2) is 33.3 Å². The topological polar surface area (TPSA) is 84.9 Å². The molecule has 0 unspecified atom stereocenters. The Morgan fingerprint density at radius 2 is 1.86 bits per heavy atom. The van der Waals surface area contributed by atoms with Gasteiger partial charge in [-0.2, -0.15) is 0 Å². The van der Waals surface area contributed by atoms with Crippen LogP contribution in [0.25, 0.3) is 0 Å². The molecule has 1 amide bonds. The lowest BCUT2D eigenvalue weighted by Gasteiger charge is -2.33. The number of amides is 1. The lowest BCUT2D eigenvalue weighted by atomic mass is 10.2. The maximum atomic E-state index is 12.7. The Hall–Kier alpha value is -2.95. The number of benzene rings is 2. The Bertz CT molecular complexity index is 1020. The summed E-state index contributed by atoms with van der Waals surface area (Å²) in [5.41, 5.74) is 0.373. The second-order valence-electron chi connectivity index (χ2n) is 6.37. The van der Waals surface area contributed by atoms with E-state index in [0.717, 1.165) is 24.3 Å². The van der Waals surface area contributed by atoms with E-state index in [1.54, 1.807) is 6.92 Å². The molecule has 0 spiro atoms. The highest BCUT2D eigenvalue weighted by Gasteiger charge is 2.31. The lowest BCUT2D eigenvalue weighted by molar-refractivity contribution is -0.274. The second kappa shape index (κ2) is 7.47. The molecule has 1 aliphatic heterocycles. The zero-order chi connectivity index (χ0) is 21.4. The number of alkyl halides is 3. The molecule has 1 aliphatic rings. The Kier molecular flexibility index (Phi) is 5.35. The maximum Gasteiger partial charge on any atom is 0.573 e. The van der Waals surface area contributed by atoms with Gasteiger partial charge in [0.05, 0.1) is 17.1 Å². The average molecular weight is 430 g/mol. The number of hydrogen-bond acceptors (Lipinski definition) is 5. The molecule has 29 heavy (non-hydrogen) atoms. The number of ether oxygens (including phenoxy) is 2. The van der Waals surface area contributed by atoms with E-state index in [1.807, 2.05) is 0 Å². The number of hydrogen-bond donors (Lipinski definition) is 1. The van der Waals surface area contributed by atoms with Crippen molar-refractivity contribution >= 4 is 27.3 Å². The van der Waals surface area contributed by atoms with Gasteiger partial charge in [-0.1, -0.05) is 0 Å². The minimum Gasteiger partial charge on any atom is -0.487 e. The summed E-state index contributed by atoms with van der Waals surface area (Å²) in [5.74, 6) is -0.353. The van der Waals surface area contributed by atoms with Gasteiger partial charge in [-0.25, -0.2) is 8.42 Å². The predicted octanol–water partition coefficient (Wildman–Crippen LogP) is 3.52. The average Bonchev–Trinajstić information content (AvgIpc) is 2.60. The van der Waals surface area contributed by atoms with Crippen LogP contribution in [0.4, 0.5) is 24.5 Å². The van der Waals surface area contributed by atoms with E-state index < -0.39 is 22.1 Å². The minimum absolute atomic E-state index is 0.0468. The molecular weight excluding hydrogens is 413 g/mol. The molecule has 0 aliphatic carbocycles. The van der Waals surface area contributed by atoms with Crippen LogP contribution < -0.4 is 19.1 Å². The summed E-state index contributed by atoms with van der Waals surface area (Å²) in [7, 11) is -4.06. The number of nitrogens with zero attached hydrogens (tertiary/aromatic N) is 1. The molecule has 2 aromatic rings. The van der Waals surface area contributed by atoms with Crippen LogP contribution in [0.1, 0.15) is 13.8 Å². The molecular formula is C18H17F3N2O5S. The molecule has 7 nitrogen and oxygen atoms in total. The van der Waals surface area contributed by atoms with Gasteiger partial charge in [-0.15, -0.1) is 13.2 Å². The fraction of sp³-hybridized carbons (Fsp3) is 0.278. The van der Waals surface area contributed by atoms with E-state index in [2.05, 4.69) is 9.46 Å². The number of anilines is 2. The van der Waals surface area contributed by atoms with Crippen LogP contribution >= 0.6 is 0 Å². The Morgan fingerprint density at radius 1 is 1.21 bits per heavy atom. The highest BCUT2D eigenvalue weighted by atomic mass is 32.2. The largest absolute Gasteiger partial charge is 0.573 e. The number of halogens is 3. The molecule has 1 heterocycles. The summed E-state index contributed by atoms with van der Waals surface area (Å²) in [6.07, 6.45) is -5.09. The third kappa shape index (κ3) is 4.91. The predicted molar refractivity (Wildman–Crippen MR) is 98.5 cm³/mol. The van der Waals surface area contributed by atoms with Crippen LogP contribution in [0.5, 0.6) is 11.5 Å². The van der Waals surface area contributed by atoms with Gasteiger partial charge >= 0.3 is 6.36 Å². The molecule has 0 fully saturated rings. The number of carbonyl (C=O) groups is 1. The maximum absolute atomic E-state index is 12.7. The molecule has 3 rings (SSSR count). The van der Waals surface area contributed by atoms with Crippen molar-refractivity contribution in [2.24, 2.45) is 0 Å². The van der Waals surface area contributed by atoms with E-state index in [1.165, 1.54) is 30.0 Å². The number of nitrogens with one attached hydrogen (secondary N) is 1. The van der Waals surface area contributed by atoms with Crippen molar-refractivity contribution in [1.82, 2.24) is 0 Å². The number of carbonyl (C=O) groups excluding carboxylic acids is 1. The molecule has 0 aromatic heterocycles. The van der Waals surface area contributed by atoms with E-state index in [9.17, 15) is 26.4 Å². The van der Waals surface area contributed by atoms with Crippen molar-refractivity contribution in [1.29, 1.82) is 0 Å². The minimum atomic E-state index is -4.84. The summed E-state index contributed by atoms with van der Waals surface area (Å²) in [5, 5.41) is 0. The van der Waals surface area contributed by atoms with Gasteiger partial charge in [0.15, 0.2) is 0 Å². The molecule has 0 bridgehead atoms. The van der Waals surface area contributed by atoms with E-state index >= 15 is 0 Å². The fourth-order valence-corrected chi connectivity index (χ4v) is 3.90. The van der Waals surface area contributed by atoms with E-state index in [0.29, 0.717) is 11.4 Å². The first-order valence-corrected chi connectivity index (χ1v) is 9.90. The van der Waals surface area contributed by atoms with Gasteiger partial charge in [0.1, 0.15) is 17.6 Å². The Labute approximate surface area is 165 Å². The first kappa shape index (κ1) is 20.8. The van der Waals surface area contributed by atoms with Gasteiger partial charge < -0.3 is 14.4 Å². The number of rotatable bonds is 4. The van der Waals surface area contributed by atoms with Crippen LogP contribution in [0.3, 0.4) is 0 Å². The summed E-state index contributed by atoms with van der Waals surface area (Å²) >= 11 is 0. The summed E-state index contributed by atoms with van der Waals surface area (Å²) in [4.78, 5) is 13.2. The summed E-state index contributed by atoms with van der Waals surface area (Å²) in [6.45, 7) is 3.43. The molecule has 0 radical (unpaired) electrons. The number of sulfonamides is 1. The fourth-order valence-electron chi connectivity index (χ4n) is 2.82. The Balaban J connectivity index is 1.85. The number of fused-ring (bicyclic) bond motifs is 1. The van der Waals surface area contributed by atoms with Gasteiger partial charge in [0.2, 0.25) is 5.91 Å². The van der Waals surface area contributed by atoms with Gasteiger partial charge in [-0.3, -0.25) is 9.52 Å². The molecule has 2 aromatic carbocycles. The monoisotopic (exact) mass is 430 g/mol. The van der Waals surface area contributed by atoms with E-state index in [-0.39, 0.29) is 29.1 Å². The molecule has 11 heteroatoms. The smallest absolute Gasteiger partial charge is 0.487 e. The summed E-state index contributed by atoms with van der Waals surface area (Å²) in [6, 6.07) is 8.35. The molecule has 1 N–H and O–H groups in total. The highest BCUT2D eigenvalue weighted by molar-refractivity contribution is 7.92. The lowest BCUT2D eigenvalue weighted by Crippen LogP contribution is -2.41. The van der Waals surface area contributed by atoms with Crippen LogP contribution in [-0.2, 0) is 14.8 Å². The van der Waals surface area contributed by atoms with Crippen molar-refractivity contribution < 1.29 is 35.9 Å². The van der Waals surface area contributed by atoms with Crippen LogP contribution in [0, 0.1) is 0 Å². The first-order valence-electron chi connectivity index (χ1n) is 8.42. The molecule has 156 valence electrons. The molecule has 0 saturated heterocycles. The zero-order valence-corrected chi connectivity index (χ0v) is 16.2. The molecule has 1 atom stereocenters. The van der Waals surface area contributed by atoms with E-state index in [4.69, 9.17) is 4.74 Å². The standard InChI is InChI=1S/C18H17F3N2O5S/c1-11-10-23(12(2)24)16-9-15(7-8-17(16)27-11)29(25,26)22-13-3-5-14(6-4-13)28-18(19,20)21/h3-9,11,22H,10H2,1-2H3/t11-/m0/s1. The van der Waals surface area contributed by atoms with Crippen molar-refractivity contribution in [2.45, 2.75) is 31.2 Å². The first-order chi connectivity index (χ1) is 13.4. The van der Waals surface area contributed by atoms with Crippen molar-refractivity contribution in [3.8, 4) is 11.5 Å². The quantitative estimate of drug-likeness (QED) is 0.802. The normalized spacial score (nSPS) is 16.6. The SMILES string of the molecule is CC(=O)N1C[C@H](C)Oc2ccc(S(=O)(=O)Nc3ccc(OC(F)(F)F)cc3)cc21. The second-order valence-corrected chi connectivity index (χ2v) is 8.05. The Morgan fingerprint density at radius 3 is 2.45 bits per heavy atom. The van der Waals surface area contributed by atoms with Crippen molar-refractivity contribution in [2.75, 3.05) is 16.2 Å². The van der Waals surface area contributed by atoms with Gasteiger partial charge in [0.25, 0.3) is 10.0 Å². The van der Waals surface area contributed by atoms with Gasteiger partial charge in [-0.05, 0) is 49.4 Å². The third-order valence-corrected chi connectivity index (χ3v) is 5.40. The highest BCUT2D eigenvalue weighted by Crippen LogP contribution is 2.36. The van der Waals surface area contributed by atoms with Crippen molar-refractivity contribution in [3.63, 3.8) is 0 Å². The third-order valence-electron chi connectivity index (χ3n) is 4.02. The van der Waals surface area contributed by atoms with Crippen molar-refractivity contribution in [3.05, 3.63) is 42.5 Å². The molecule has 0 saturated carbocycles. The van der Waals surface area contributed by atoms with Gasteiger partial charge in [0, 0.05) is 12.6 Å². The van der Waals surface area contributed by atoms with Crippen LogP contribution in [0.2, 0.25) is 0 Å².